The monoisotopic (exact) mass is 233 g/mol. The fourth-order valence-electron chi connectivity index (χ4n) is 2.75. The number of rotatable bonds is 1. The molecule has 2 aliphatic heterocycles. The van der Waals surface area contributed by atoms with Crippen LogP contribution in [0, 0.1) is 0 Å². The highest BCUT2D eigenvalue weighted by Crippen LogP contribution is 2.44. The number of phenols is 1. The minimum absolute atomic E-state index is 0.0531. The number of fused-ring (bicyclic) bond motifs is 1. The molecule has 0 aliphatic carbocycles. The number of ether oxygens (including phenoxy) is 1. The lowest BCUT2D eigenvalue weighted by atomic mass is 9.86. The Kier molecular flexibility index (Phi) is 2.25. The Morgan fingerprint density at radius 2 is 1.94 bits per heavy atom. The molecule has 2 heterocycles. The highest BCUT2D eigenvalue weighted by Gasteiger charge is 2.33. The van der Waals surface area contributed by atoms with E-state index in [2.05, 4.69) is 24.8 Å². The van der Waals surface area contributed by atoms with Gasteiger partial charge in [0, 0.05) is 30.1 Å². The van der Waals surface area contributed by atoms with Gasteiger partial charge >= 0.3 is 0 Å². The van der Waals surface area contributed by atoms with E-state index >= 15 is 0 Å². The molecule has 0 bridgehead atoms. The molecule has 17 heavy (non-hydrogen) atoms. The molecule has 2 aliphatic rings. The molecule has 0 saturated carbocycles. The molecule has 0 spiro atoms. The number of hydrogen-bond donors (Lipinski definition) is 1. The predicted octanol–water partition coefficient (Wildman–Crippen LogP) is 2.66. The number of nitrogens with zero attached hydrogens (tertiary/aromatic N) is 1. The summed E-state index contributed by atoms with van der Waals surface area (Å²) in [6, 6.07) is 3.89. The summed E-state index contributed by atoms with van der Waals surface area (Å²) in [4.78, 5) is 2.27. The van der Waals surface area contributed by atoms with Crippen molar-refractivity contribution in [3.63, 3.8) is 0 Å². The molecule has 0 atom stereocenters. The Bertz CT molecular complexity index is 448. The van der Waals surface area contributed by atoms with E-state index < -0.39 is 0 Å². The Balaban J connectivity index is 2.06. The fraction of sp³-hybridized carbons (Fsp3) is 0.571. The number of anilines is 1. The Labute approximate surface area is 102 Å². The van der Waals surface area contributed by atoms with Crippen LogP contribution in [0.3, 0.4) is 0 Å². The van der Waals surface area contributed by atoms with Crippen LogP contribution in [0.2, 0.25) is 0 Å². The summed E-state index contributed by atoms with van der Waals surface area (Å²) < 4.78 is 5.63. The minimum Gasteiger partial charge on any atom is -0.506 e. The van der Waals surface area contributed by atoms with Crippen LogP contribution in [0.15, 0.2) is 12.1 Å². The second kappa shape index (κ2) is 3.56. The van der Waals surface area contributed by atoms with Crippen molar-refractivity contribution >= 4 is 5.69 Å². The first-order chi connectivity index (χ1) is 8.08. The van der Waals surface area contributed by atoms with Crippen molar-refractivity contribution in [1.29, 1.82) is 0 Å². The Morgan fingerprint density at radius 3 is 2.65 bits per heavy atom. The second-order valence-corrected chi connectivity index (χ2v) is 5.70. The lowest BCUT2D eigenvalue weighted by Crippen LogP contribution is -2.20. The van der Waals surface area contributed by atoms with Gasteiger partial charge in [0.25, 0.3) is 0 Å². The summed E-state index contributed by atoms with van der Waals surface area (Å²) >= 11 is 0. The molecule has 1 N–H and O–H groups in total. The van der Waals surface area contributed by atoms with E-state index in [0.29, 0.717) is 12.4 Å². The molecule has 3 nitrogen and oxygen atoms in total. The van der Waals surface area contributed by atoms with Gasteiger partial charge < -0.3 is 14.7 Å². The van der Waals surface area contributed by atoms with E-state index in [1.165, 1.54) is 18.4 Å². The summed E-state index contributed by atoms with van der Waals surface area (Å²) in [7, 11) is 0. The Morgan fingerprint density at radius 1 is 1.24 bits per heavy atom. The molecule has 92 valence electrons. The molecule has 3 heteroatoms. The molecule has 0 amide bonds. The van der Waals surface area contributed by atoms with Crippen molar-refractivity contribution in [2.45, 2.75) is 32.1 Å². The Hall–Kier alpha value is -1.38. The number of hydrogen-bond acceptors (Lipinski definition) is 3. The van der Waals surface area contributed by atoms with Crippen LogP contribution >= 0.6 is 0 Å². The third-order valence-corrected chi connectivity index (χ3v) is 3.84. The molecular formula is C14H19NO2. The van der Waals surface area contributed by atoms with Crippen molar-refractivity contribution in [3.8, 4) is 11.5 Å². The maximum Gasteiger partial charge on any atom is 0.142 e. The van der Waals surface area contributed by atoms with Crippen LogP contribution < -0.4 is 9.64 Å². The summed E-state index contributed by atoms with van der Waals surface area (Å²) in [5.41, 5.74) is 2.24. The number of phenolic OH excluding ortho intramolecular Hbond substituents is 1. The maximum atomic E-state index is 10.1. The van der Waals surface area contributed by atoms with E-state index in [-0.39, 0.29) is 5.41 Å². The third kappa shape index (κ3) is 1.65. The minimum atomic E-state index is 0.0531. The molecule has 3 rings (SSSR count). The predicted molar refractivity (Wildman–Crippen MR) is 68.1 cm³/mol. The average molecular weight is 233 g/mol. The molecule has 0 radical (unpaired) electrons. The maximum absolute atomic E-state index is 10.1. The van der Waals surface area contributed by atoms with Crippen LogP contribution in [0.4, 0.5) is 5.69 Å². The van der Waals surface area contributed by atoms with Crippen molar-refractivity contribution in [2.24, 2.45) is 0 Å². The molecule has 1 saturated heterocycles. The topological polar surface area (TPSA) is 32.7 Å². The molecule has 1 aromatic carbocycles. The largest absolute Gasteiger partial charge is 0.506 e. The first kappa shape index (κ1) is 10.8. The van der Waals surface area contributed by atoms with Crippen molar-refractivity contribution in [2.75, 3.05) is 24.6 Å². The fourth-order valence-corrected chi connectivity index (χ4v) is 2.75. The van der Waals surface area contributed by atoms with Gasteiger partial charge in [-0.1, -0.05) is 13.8 Å². The van der Waals surface area contributed by atoms with E-state index in [4.69, 9.17) is 4.74 Å². The summed E-state index contributed by atoms with van der Waals surface area (Å²) in [5.74, 6) is 1.19. The first-order valence-corrected chi connectivity index (χ1v) is 6.33. The smallest absolute Gasteiger partial charge is 0.142 e. The third-order valence-electron chi connectivity index (χ3n) is 3.84. The zero-order valence-electron chi connectivity index (χ0n) is 10.5. The van der Waals surface area contributed by atoms with Crippen molar-refractivity contribution in [1.82, 2.24) is 0 Å². The second-order valence-electron chi connectivity index (χ2n) is 5.70. The van der Waals surface area contributed by atoms with E-state index in [1.807, 2.05) is 0 Å². The van der Waals surface area contributed by atoms with E-state index in [0.717, 1.165) is 24.5 Å². The molecule has 1 fully saturated rings. The van der Waals surface area contributed by atoms with Gasteiger partial charge in [0.15, 0.2) is 0 Å². The molecular weight excluding hydrogens is 214 g/mol. The number of benzene rings is 1. The quantitative estimate of drug-likeness (QED) is 0.809. The van der Waals surface area contributed by atoms with Gasteiger partial charge in [0.05, 0.1) is 12.3 Å². The first-order valence-electron chi connectivity index (χ1n) is 6.33. The zero-order valence-corrected chi connectivity index (χ0v) is 10.5. The van der Waals surface area contributed by atoms with Gasteiger partial charge in [0.2, 0.25) is 0 Å². The van der Waals surface area contributed by atoms with E-state index in [9.17, 15) is 5.11 Å². The lowest BCUT2D eigenvalue weighted by Gasteiger charge is -2.22. The van der Waals surface area contributed by atoms with Crippen molar-refractivity contribution in [3.05, 3.63) is 17.7 Å². The summed E-state index contributed by atoms with van der Waals surface area (Å²) in [5, 5.41) is 10.1. The highest BCUT2D eigenvalue weighted by molar-refractivity contribution is 5.65. The van der Waals surface area contributed by atoms with E-state index in [1.54, 1.807) is 6.07 Å². The van der Waals surface area contributed by atoms with Gasteiger partial charge in [-0.2, -0.15) is 0 Å². The van der Waals surface area contributed by atoms with Gasteiger partial charge in [-0.25, -0.2) is 0 Å². The van der Waals surface area contributed by atoms with Crippen LogP contribution in [0.1, 0.15) is 32.3 Å². The SMILES string of the molecule is CC1(C)COc2cc(O)c(N3CCCC3)cc21. The normalized spacial score (nSPS) is 21.4. The van der Waals surface area contributed by atoms with Gasteiger partial charge in [0.1, 0.15) is 11.5 Å². The molecule has 1 aromatic rings. The van der Waals surface area contributed by atoms with Gasteiger partial charge in [-0.15, -0.1) is 0 Å². The standard InChI is InChI=1S/C14H19NO2/c1-14(2)9-17-13-8-12(16)11(7-10(13)14)15-5-3-4-6-15/h7-8,16H,3-6,9H2,1-2H3. The lowest BCUT2D eigenvalue weighted by molar-refractivity contribution is 0.290. The average Bonchev–Trinajstić information content (AvgIpc) is 2.87. The van der Waals surface area contributed by atoms with Gasteiger partial charge in [-0.05, 0) is 18.9 Å². The highest BCUT2D eigenvalue weighted by atomic mass is 16.5. The van der Waals surface area contributed by atoms with Gasteiger partial charge in [-0.3, -0.25) is 0 Å². The zero-order chi connectivity index (χ0) is 12.0. The van der Waals surface area contributed by atoms with Crippen LogP contribution in [0.25, 0.3) is 0 Å². The van der Waals surface area contributed by atoms with Crippen LogP contribution in [-0.2, 0) is 5.41 Å². The molecule has 0 unspecified atom stereocenters. The summed E-state index contributed by atoms with van der Waals surface area (Å²) in [6.07, 6.45) is 2.44. The summed E-state index contributed by atoms with van der Waals surface area (Å²) in [6.45, 7) is 7.17. The van der Waals surface area contributed by atoms with Crippen molar-refractivity contribution < 1.29 is 9.84 Å². The number of aromatic hydroxyl groups is 1. The van der Waals surface area contributed by atoms with Crippen LogP contribution in [-0.4, -0.2) is 24.8 Å². The molecule has 0 aromatic heterocycles. The van der Waals surface area contributed by atoms with Crippen LogP contribution in [0.5, 0.6) is 11.5 Å².